The number of allylic oxidation sites excluding steroid dienone is 1. The van der Waals surface area contributed by atoms with Crippen molar-refractivity contribution in [2.75, 3.05) is 12.4 Å². The molecule has 4 rings (SSSR count). The minimum atomic E-state index is -4.16. The number of nitrogens with zero attached hydrogens (tertiary/aromatic N) is 5. The highest BCUT2D eigenvalue weighted by atomic mass is 35.5. The van der Waals surface area contributed by atoms with Crippen molar-refractivity contribution in [1.29, 1.82) is 0 Å². The van der Waals surface area contributed by atoms with Gasteiger partial charge in [0.25, 0.3) is 5.91 Å². The molecule has 0 bridgehead atoms. The number of benzene rings is 1. The highest BCUT2D eigenvalue weighted by Crippen LogP contribution is 2.29. The Balaban J connectivity index is 1.67. The largest absolute Gasteiger partial charge is 0.345 e. The number of anilines is 1. The van der Waals surface area contributed by atoms with Crippen molar-refractivity contribution in [3.63, 3.8) is 0 Å². The third-order valence-electron chi connectivity index (χ3n) is 4.38. The number of thiazole rings is 1. The van der Waals surface area contributed by atoms with Gasteiger partial charge in [-0.3, -0.25) is 4.79 Å². The minimum absolute atomic E-state index is 0.0267. The van der Waals surface area contributed by atoms with Crippen molar-refractivity contribution in [3.05, 3.63) is 64.5 Å². The van der Waals surface area contributed by atoms with Crippen LogP contribution in [0.4, 0.5) is 10.1 Å². The first-order chi connectivity index (χ1) is 14.7. The number of hydrogen-bond acceptors (Lipinski definition) is 6. The van der Waals surface area contributed by atoms with Gasteiger partial charge in [0, 0.05) is 26.0 Å². The molecular weight excluding hydrogens is 467 g/mol. The van der Waals surface area contributed by atoms with Crippen LogP contribution in [0.1, 0.15) is 5.01 Å². The van der Waals surface area contributed by atoms with E-state index in [4.69, 9.17) is 11.6 Å². The molecule has 0 aliphatic carbocycles. The lowest BCUT2D eigenvalue weighted by Crippen LogP contribution is -2.35. The molecule has 9 nitrogen and oxygen atoms in total. The number of rotatable bonds is 4. The summed E-state index contributed by atoms with van der Waals surface area (Å²) in [6.07, 6.45) is 6.20. The molecule has 3 aromatic rings. The number of aryl methyl sites for hydroxylation is 1. The van der Waals surface area contributed by atoms with Crippen LogP contribution in [0.15, 0.2) is 53.1 Å². The lowest BCUT2D eigenvalue weighted by Gasteiger charge is -2.23. The van der Waals surface area contributed by atoms with Crippen molar-refractivity contribution in [3.8, 4) is 10.6 Å². The lowest BCUT2D eigenvalue weighted by atomic mass is 10.2. The zero-order valence-electron chi connectivity index (χ0n) is 16.1. The van der Waals surface area contributed by atoms with Crippen LogP contribution in [-0.4, -0.2) is 45.9 Å². The molecule has 13 heteroatoms. The van der Waals surface area contributed by atoms with Gasteiger partial charge >= 0.3 is 10.2 Å². The first-order valence-electron chi connectivity index (χ1n) is 8.65. The molecule has 0 saturated carbocycles. The predicted molar refractivity (Wildman–Crippen MR) is 116 cm³/mol. The Bertz CT molecular complexity index is 1360. The summed E-state index contributed by atoms with van der Waals surface area (Å²) in [6, 6.07) is 3.63. The maximum absolute atomic E-state index is 13.4. The van der Waals surface area contributed by atoms with E-state index >= 15 is 0 Å². The van der Waals surface area contributed by atoms with Gasteiger partial charge in [0.1, 0.15) is 22.2 Å². The summed E-state index contributed by atoms with van der Waals surface area (Å²) in [4.78, 5) is 21.8. The fourth-order valence-electron chi connectivity index (χ4n) is 2.74. The van der Waals surface area contributed by atoms with E-state index in [9.17, 15) is 17.6 Å². The quantitative estimate of drug-likeness (QED) is 0.617. The van der Waals surface area contributed by atoms with E-state index in [1.54, 1.807) is 23.3 Å². The van der Waals surface area contributed by atoms with Gasteiger partial charge in [-0.25, -0.2) is 18.7 Å². The Kier molecular flexibility index (Phi) is 5.37. The highest BCUT2D eigenvalue weighted by molar-refractivity contribution is 7.88. The number of carbonyl (C=O) groups is 1. The van der Waals surface area contributed by atoms with Gasteiger partial charge in [0.05, 0.1) is 28.1 Å². The Morgan fingerprint density at radius 1 is 1.26 bits per heavy atom. The third-order valence-corrected chi connectivity index (χ3v) is 7.02. The van der Waals surface area contributed by atoms with E-state index in [0.29, 0.717) is 5.01 Å². The smallest absolute Gasteiger partial charge is 0.333 e. The molecule has 1 aliphatic rings. The van der Waals surface area contributed by atoms with E-state index in [1.165, 1.54) is 36.6 Å². The highest BCUT2D eigenvalue weighted by Gasteiger charge is 2.31. The van der Waals surface area contributed by atoms with Crippen molar-refractivity contribution in [1.82, 2.24) is 18.8 Å². The second-order valence-electron chi connectivity index (χ2n) is 6.45. The van der Waals surface area contributed by atoms with Crippen LogP contribution < -0.4 is 5.32 Å². The van der Waals surface area contributed by atoms with Crippen molar-refractivity contribution in [2.45, 2.75) is 0 Å². The van der Waals surface area contributed by atoms with E-state index in [-0.39, 0.29) is 22.1 Å². The zero-order valence-corrected chi connectivity index (χ0v) is 18.5. The van der Waals surface area contributed by atoms with Crippen LogP contribution in [0.25, 0.3) is 10.6 Å². The predicted octanol–water partition coefficient (Wildman–Crippen LogP) is 2.84. The molecule has 31 heavy (non-hydrogen) atoms. The van der Waals surface area contributed by atoms with E-state index in [0.717, 1.165) is 20.9 Å². The van der Waals surface area contributed by atoms with Crippen LogP contribution >= 0.6 is 22.9 Å². The molecule has 0 radical (unpaired) electrons. The number of halogens is 2. The molecule has 0 atom stereocenters. The van der Waals surface area contributed by atoms with E-state index < -0.39 is 21.9 Å². The maximum Gasteiger partial charge on any atom is 0.345 e. The molecule has 0 fully saturated rings. The van der Waals surface area contributed by atoms with Gasteiger partial charge in [0.15, 0.2) is 0 Å². The molecule has 1 N–H and O–H groups in total. The molecule has 0 spiro atoms. The second-order valence-corrected chi connectivity index (χ2v) is 9.52. The second kappa shape index (κ2) is 7.87. The summed E-state index contributed by atoms with van der Waals surface area (Å²) in [5, 5.41) is 2.65. The van der Waals surface area contributed by atoms with Gasteiger partial charge in [-0.15, -0.1) is 15.7 Å². The average Bonchev–Trinajstić information content (AvgIpc) is 3.35. The fraction of sp³-hybridized carbons (Fsp3) is 0.111. The van der Waals surface area contributed by atoms with E-state index in [2.05, 4.69) is 19.7 Å². The zero-order chi connectivity index (χ0) is 22.3. The summed E-state index contributed by atoms with van der Waals surface area (Å²) < 4.78 is 44.7. The Hall–Kier alpha value is -3.09. The summed E-state index contributed by atoms with van der Waals surface area (Å²) in [5.41, 5.74) is 0.858. The standard InChI is InChI=1S/C18H14ClFN6O3S2/c1-25-9-21-7-15(25)16-8-22-18(30-16)13-6-14(26(2)31(28,29)24-13)17(27)23-10-3-4-12(20)11(19)5-10/h3-9H,1-2H3,(H,23,27). The van der Waals surface area contributed by atoms with Crippen LogP contribution in [0.3, 0.4) is 0 Å². The van der Waals surface area contributed by atoms with Gasteiger partial charge < -0.3 is 9.88 Å². The molecule has 0 unspecified atom stereocenters. The summed E-state index contributed by atoms with van der Waals surface area (Å²) in [7, 11) is -1.12. The van der Waals surface area contributed by atoms with Gasteiger partial charge in [-0.1, -0.05) is 11.6 Å². The lowest BCUT2D eigenvalue weighted by molar-refractivity contribution is -0.113. The molecule has 0 saturated heterocycles. The maximum atomic E-state index is 13.4. The van der Waals surface area contributed by atoms with Gasteiger partial charge in [0.2, 0.25) is 0 Å². The SMILES string of the molecule is CN1C(C(=O)Nc2ccc(F)c(Cl)c2)=CC(c2ncc(-c3cncn3C)s2)=NS1(=O)=O. The molecule has 2 aromatic heterocycles. The summed E-state index contributed by atoms with van der Waals surface area (Å²) in [5.74, 6) is -1.37. The summed E-state index contributed by atoms with van der Waals surface area (Å²) >= 11 is 6.95. The number of nitrogens with one attached hydrogen (secondary N) is 1. The molecule has 1 aromatic carbocycles. The third kappa shape index (κ3) is 4.09. The molecule has 160 valence electrons. The van der Waals surface area contributed by atoms with Crippen LogP contribution in [0.5, 0.6) is 0 Å². The Labute approximate surface area is 185 Å². The number of hydrogen-bond donors (Lipinski definition) is 1. The van der Waals surface area contributed by atoms with Crippen LogP contribution in [-0.2, 0) is 22.1 Å². The number of amides is 1. The Morgan fingerprint density at radius 2 is 2.03 bits per heavy atom. The number of carbonyl (C=O) groups excluding carboxylic acids is 1. The Morgan fingerprint density at radius 3 is 2.71 bits per heavy atom. The topological polar surface area (TPSA) is 110 Å². The molecule has 3 heterocycles. The number of imidazole rings is 1. The van der Waals surface area contributed by atoms with Crippen LogP contribution in [0, 0.1) is 5.82 Å². The number of likely N-dealkylation sites (N-methyl/N-ethyl adjacent to an activating group) is 1. The minimum Gasteiger partial charge on any atom is -0.333 e. The summed E-state index contributed by atoms with van der Waals surface area (Å²) in [6.45, 7) is 0. The number of aromatic nitrogens is 3. The normalized spacial score (nSPS) is 15.4. The van der Waals surface area contributed by atoms with Crippen LogP contribution in [0.2, 0.25) is 5.02 Å². The molecular formula is C18H14ClFN6O3S2. The van der Waals surface area contributed by atoms with Gasteiger partial charge in [-0.2, -0.15) is 8.42 Å². The van der Waals surface area contributed by atoms with Crippen molar-refractivity contribution in [2.24, 2.45) is 11.4 Å². The monoisotopic (exact) mass is 480 g/mol. The van der Waals surface area contributed by atoms with Gasteiger partial charge in [-0.05, 0) is 24.3 Å². The van der Waals surface area contributed by atoms with Crippen molar-refractivity contribution < 1.29 is 17.6 Å². The van der Waals surface area contributed by atoms with Crippen molar-refractivity contribution >= 4 is 50.5 Å². The fourth-order valence-corrected chi connectivity index (χ4v) is 4.80. The first-order valence-corrected chi connectivity index (χ1v) is 11.2. The average molecular weight is 481 g/mol. The molecule has 1 aliphatic heterocycles. The first kappa shape index (κ1) is 21.2. The molecule has 1 amide bonds. The van der Waals surface area contributed by atoms with E-state index in [1.807, 2.05) is 7.05 Å².